The normalized spacial score (nSPS) is 14.6. The molecule has 0 saturated carbocycles. The Morgan fingerprint density at radius 1 is 1.27 bits per heavy atom. The quantitative estimate of drug-likeness (QED) is 0.528. The Morgan fingerprint density at radius 2 is 2.00 bits per heavy atom. The molecule has 1 aliphatic heterocycles. The zero-order valence-electron chi connectivity index (χ0n) is 18.3. The van der Waals surface area contributed by atoms with Gasteiger partial charge in [-0.1, -0.05) is 49.7 Å². The highest BCUT2D eigenvalue weighted by Crippen LogP contribution is 2.41. The maximum absolute atomic E-state index is 13.7. The number of nitrogens with zero attached hydrogens (tertiary/aromatic N) is 3. The lowest BCUT2D eigenvalue weighted by Crippen LogP contribution is -2.66. The number of ether oxygens (including phenoxy) is 1. The highest BCUT2D eigenvalue weighted by Gasteiger charge is 2.54. The first kappa shape index (κ1) is 22.6. The fourth-order valence-corrected chi connectivity index (χ4v) is 4.21. The average Bonchev–Trinajstić information content (AvgIpc) is 3.20. The van der Waals surface area contributed by atoms with Gasteiger partial charge in [-0.3, -0.25) is 9.59 Å². The third kappa shape index (κ3) is 4.11. The monoisotopic (exact) mass is 470 g/mol. The van der Waals surface area contributed by atoms with E-state index >= 15 is 0 Å². The van der Waals surface area contributed by atoms with Gasteiger partial charge in [0.2, 0.25) is 11.7 Å². The van der Waals surface area contributed by atoms with Gasteiger partial charge < -0.3 is 24.6 Å². The van der Waals surface area contributed by atoms with Gasteiger partial charge in [0.05, 0.1) is 19.4 Å². The van der Waals surface area contributed by atoms with Crippen molar-refractivity contribution in [1.82, 2.24) is 15.0 Å². The summed E-state index contributed by atoms with van der Waals surface area (Å²) in [5.41, 5.74) is 1.21. The number of amides is 2. The summed E-state index contributed by atoms with van der Waals surface area (Å²) in [6.45, 7) is 4.34. The van der Waals surface area contributed by atoms with Crippen LogP contribution in [0.3, 0.4) is 0 Å². The summed E-state index contributed by atoms with van der Waals surface area (Å²) in [4.78, 5) is 32.0. The Labute approximate surface area is 195 Å². The van der Waals surface area contributed by atoms with Gasteiger partial charge in [0.15, 0.2) is 0 Å². The van der Waals surface area contributed by atoms with E-state index in [0.717, 1.165) is 17.2 Å². The van der Waals surface area contributed by atoms with Crippen LogP contribution < -0.4 is 10.1 Å². The maximum Gasteiger partial charge on any atom is 0.292 e. The standard InChI is InChI=1S/C23H23ClN4O5/c1-13(2)14-6-4-5-7-15(14)23(11-28(12-23)21(30)18-9-20(29)27-33-18)22(31)26-16-10-25-19(24)8-17(16)32-3/h4-10,13H,11-12H2,1-3H3,(H,26,31)(H,27,29). The number of benzene rings is 1. The van der Waals surface area contributed by atoms with E-state index in [4.69, 9.17) is 20.9 Å². The fourth-order valence-electron chi connectivity index (χ4n) is 4.06. The number of aromatic hydroxyl groups is 1. The number of rotatable bonds is 6. The number of nitrogens with one attached hydrogen (secondary N) is 1. The number of aromatic nitrogens is 2. The van der Waals surface area contributed by atoms with Crippen LogP contribution in [0.4, 0.5) is 5.69 Å². The van der Waals surface area contributed by atoms with Crippen molar-refractivity contribution in [2.75, 3.05) is 25.5 Å². The van der Waals surface area contributed by atoms with Crippen molar-refractivity contribution in [3.8, 4) is 11.6 Å². The smallest absolute Gasteiger partial charge is 0.292 e. The second-order valence-corrected chi connectivity index (χ2v) is 8.58. The lowest BCUT2D eigenvalue weighted by Gasteiger charge is -2.49. The average molecular weight is 471 g/mol. The molecule has 9 nitrogen and oxygen atoms in total. The molecule has 1 aliphatic rings. The topological polar surface area (TPSA) is 118 Å². The van der Waals surface area contributed by atoms with Gasteiger partial charge in [0, 0.05) is 19.2 Å². The van der Waals surface area contributed by atoms with E-state index in [9.17, 15) is 14.7 Å². The Bertz CT molecular complexity index is 1200. The number of methoxy groups -OCH3 is 1. The summed E-state index contributed by atoms with van der Waals surface area (Å²) in [6.07, 6.45) is 1.43. The summed E-state index contributed by atoms with van der Waals surface area (Å²) in [5.74, 6) is -0.701. The van der Waals surface area contributed by atoms with E-state index in [2.05, 4.69) is 29.3 Å². The summed E-state index contributed by atoms with van der Waals surface area (Å²) >= 11 is 5.95. The fraction of sp³-hybridized carbons (Fsp3) is 0.304. The number of carbonyl (C=O) groups is 2. The van der Waals surface area contributed by atoms with Gasteiger partial charge in [-0.05, 0) is 22.2 Å². The summed E-state index contributed by atoms with van der Waals surface area (Å²) in [6, 6.07) is 10.4. The number of pyridine rings is 1. The Morgan fingerprint density at radius 3 is 2.64 bits per heavy atom. The van der Waals surface area contributed by atoms with Gasteiger partial charge in [-0.25, -0.2) is 4.98 Å². The Hall–Kier alpha value is -3.59. The van der Waals surface area contributed by atoms with Gasteiger partial charge >= 0.3 is 0 Å². The molecule has 2 N–H and O–H groups in total. The van der Waals surface area contributed by atoms with Crippen LogP contribution in [0.15, 0.2) is 47.1 Å². The molecule has 0 spiro atoms. The molecule has 2 amide bonds. The van der Waals surface area contributed by atoms with Gasteiger partial charge in [0.25, 0.3) is 11.8 Å². The van der Waals surface area contributed by atoms with Crippen LogP contribution in [0.5, 0.6) is 11.6 Å². The van der Waals surface area contributed by atoms with E-state index in [0.29, 0.717) is 11.4 Å². The molecule has 0 atom stereocenters. The third-order valence-electron chi connectivity index (χ3n) is 5.75. The molecule has 0 bridgehead atoms. The van der Waals surface area contributed by atoms with Crippen molar-refractivity contribution in [2.24, 2.45) is 0 Å². The van der Waals surface area contributed by atoms with E-state index < -0.39 is 11.3 Å². The minimum atomic E-state index is -1.01. The molecule has 0 aliphatic carbocycles. The molecule has 10 heteroatoms. The number of halogens is 1. The molecule has 3 aromatic rings. The molecule has 0 unspecified atom stereocenters. The third-order valence-corrected chi connectivity index (χ3v) is 5.96. The number of hydrogen-bond acceptors (Lipinski definition) is 7. The van der Waals surface area contributed by atoms with E-state index in [1.54, 1.807) is 0 Å². The van der Waals surface area contributed by atoms with Gasteiger partial charge in [0.1, 0.15) is 22.0 Å². The largest absolute Gasteiger partial charge is 0.494 e. The Kier molecular flexibility index (Phi) is 5.99. The van der Waals surface area contributed by atoms with Gasteiger partial charge in [-0.2, -0.15) is 0 Å². The molecule has 1 fully saturated rings. The molecule has 0 radical (unpaired) electrons. The second-order valence-electron chi connectivity index (χ2n) is 8.20. The predicted octanol–water partition coefficient (Wildman–Crippen LogP) is 3.59. The highest BCUT2D eigenvalue weighted by molar-refractivity contribution is 6.29. The van der Waals surface area contributed by atoms with Crippen molar-refractivity contribution >= 4 is 29.1 Å². The highest BCUT2D eigenvalue weighted by atomic mass is 35.5. The van der Waals surface area contributed by atoms with Crippen LogP contribution in [-0.2, 0) is 10.2 Å². The van der Waals surface area contributed by atoms with Crippen LogP contribution in [0.1, 0.15) is 41.4 Å². The van der Waals surface area contributed by atoms with Crippen molar-refractivity contribution in [1.29, 1.82) is 0 Å². The molecule has 2 aromatic heterocycles. The van der Waals surface area contributed by atoms with E-state index in [-0.39, 0.29) is 41.7 Å². The second kappa shape index (κ2) is 8.74. The summed E-state index contributed by atoms with van der Waals surface area (Å²) < 4.78 is 10.2. The summed E-state index contributed by atoms with van der Waals surface area (Å²) in [5, 5.41) is 15.9. The molecular weight excluding hydrogens is 448 g/mol. The minimum absolute atomic E-state index is 0.0952. The first-order chi connectivity index (χ1) is 15.7. The lowest BCUT2D eigenvalue weighted by molar-refractivity contribution is -0.126. The van der Waals surface area contributed by atoms with E-state index in [1.807, 2.05) is 24.3 Å². The van der Waals surface area contributed by atoms with Crippen LogP contribution in [0.25, 0.3) is 0 Å². The molecular formula is C23H23ClN4O5. The number of anilines is 1. The van der Waals surface area contributed by atoms with Crippen LogP contribution in [0.2, 0.25) is 5.15 Å². The summed E-state index contributed by atoms with van der Waals surface area (Å²) in [7, 11) is 1.47. The van der Waals surface area contributed by atoms with Gasteiger partial charge in [-0.15, -0.1) is 0 Å². The molecule has 4 rings (SSSR count). The maximum atomic E-state index is 13.7. The minimum Gasteiger partial charge on any atom is -0.494 e. The zero-order valence-corrected chi connectivity index (χ0v) is 19.1. The number of carbonyl (C=O) groups excluding carboxylic acids is 2. The zero-order chi connectivity index (χ0) is 23.8. The first-order valence-corrected chi connectivity index (χ1v) is 10.7. The van der Waals surface area contributed by atoms with Crippen molar-refractivity contribution in [3.05, 3.63) is 64.6 Å². The van der Waals surface area contributed by atoms with Crippen LogP contribution in [0, 0.1) is 0 Å². The molecule has 33 heavy (non-hydrogen) atoms. The van der Waals surface area contributed by atoms with E-state index in [1.165, 1.54) is 24.3 Å². The Balaban J connectivity index is 1.69. The predicted molar refractivity (Wildman–Crippen MR) is 121 cm³/mol. The molecule has 1 saturated heterocycles. The number of hydrogen-bond donors (Lipinski definition) is 2. The van der Waals surface area contributed by atoms with Crippen molar-refractivity contribution in [3.63, 3.8) is 0 Å². The van der Waals surface area contributed by atoms with Crippen LogP contribution in [-0.4, -0.2) is 52.2 Å². The van der Waals surface area contributed by atoms with Crippen LogP contribution >= 0.6 is 11.6 Å². The molecule has 172 valence electrons. The SMILES string of the molecule is COc1cc(Cl)ncc1NC(=O)C1(c2ccccc2C(C)C)CN(C(=O)c2cc(O)no2)C1. The van der Waals surface area contributed by atoms with Crippen molar-refractivity contribution in [2.45, 2.75) is 25.2 Å². The molecule has 1 aromatic carbocycles. The number of likely N-dealkylation sites (tertiary alicyclic amines) is 1. The lowest BCUT2D eigenvalue weighted by atomic mass is 9.69. The molecule has 3 heterocycles. The van der Waals surface area contributed by atoms with Crippen molar-refractivity contribution < 1.29 is 24.0 Å². The first-order valence-electron chi connectivity index (χ1n) is 10.3.